The lowest BCUT2D eigenvalue weighted by atomic mass is 10.00. The summed E-state index contributed by atoms with van der Waals surface area (Å²) < 4.78 is 6.69. The second-order valence-corrected chi connectivity index (χ2v) is 6.74. The summed E-state index contributed by atoms with van der Waals surface area (Å²) >= 11 is 0. The van der Waals surface area contributed by atoms with Crippen LogP contribution in [0.25, 0.3) is 11.1 Å². The SMILES string of the molecule is COc1cccc(-c2cccc([C@H]3C[C@H]3c3cc(=O)n(C)c(N)n3)c2)c1. The zero-order chi connectivity index (χ0) is 18.3. The van der Waals surface area contributed by atoms with Gasteiger partial charge in [0.1, 0.15) is 5.75 Å². The molecule has 0 saturated heterocycles. The van der Waals surface area contributed by atoms with E-state index in [0.717, 1.165) is 29.0 Å². The van der Waals surface area contributed by atoms with Gasteiger partial charge in [-0.2, -0.15) is 0 Å². The van der Waals surface area contributed by atoms with Crippen molar-refractivity contribution in [2.75, 3.05) is 12.8 Å². The van der Waals surface area contributed by atoms with E-state index in [9.17, 15) is 4.79 Å². The normalized spacial score (nSPS) is 18.5. The second-order valence-electron chi connectivity index (χ2n) is 6.74. The number of nitrogens with two attached hydrogens (primary N) is 1. The third-order valence-electron chi connectivity index (χ3n) is 5.08. The molecule has 3 aromatic rings. The van der Waals surface area contributed by atoms with Crippen molar-refractivity contribution in [1.29, 1.82) is 0 Å². The van der Waals surface area contributed by atoms with Crippen LogP contribution in [0.1, 0.15) is 29.5 Å². The number of anilines is 1. The van der Waals surface area contributed by atoms with Gasteiger partial charge in [-0.3, -0.25) is 9.36 Å². The standard InChI is InChI=1S/C21H21N3O2/c1-24-20(25)12-19(23-21(24)22)18-11-17(18)15-7-3-5-13(9-15)14-6-4-8-16(10-14)26-2/h3-10,12,17-18H,11H2,1-2H3,(H2,22,23)/t17-,18-/m1/s1. The van der Waals surface area contributed by atoms with Crippen LogP contribution in [0.5, 0.6) is 5.75 Å². The third-order valence-corrected chi connectivity index (χ3v) is 5.08. The molecule has 0 bridgehead atoms. The van der Waals surface area contributed by atoms with E-state index in [-0.39, 0.29) is 17.4 Å². The first-order valence-electron chi connectivity index (χ1n) is 8.64. The van der Waals surface area contributed by atoms with E-state index in [1.54, 1.807) is 20.2 Å². The summed E-state index contributed by atoms with van der Waals surface area (Å²) in [5.74, 6) is 1.74. The summed E-state index contributed by atoms with van der Waals surface area (Å²) in [7, 11) is 3.31. The summed E-state index contributed by atoms with van der Waals surface area (Å²) in [6, 6.07) is 18.2. The topological polar surface area (TPSA) is 70.1 Å². The number of nitrogens with zero attached hydrogens (tertiary/aromatic N) is 2. The summed E-state index contributed by atoms with van der Waals surface area (Å²) in [6.07, 6.45) is 0.987. The van der Waals surface area contributed by atoms with E-state index < -0.39 is 0 Å². The average Bonchev–Trinajstić information content (AvgIpc) is 3.47. The van der Waals surface area contributed by atoms with Crippen LogP contribution in [-0.4, -0.2) is 16.7 Å². The van der Waals surface area contributed by atoms with Gasteiger partial charge in [0, 0.05) is 19.0 Å². The Bertz CT molecular complexity index is 1030. The number of hydrogen-bond acceptors (Lipinski definition) is 4. The van der Waals surface area contributed by atoms with Crippen LogP contribution in [0.15, 0.2) is 59.4 Å². The smallest absolute Gasteiger partial charge is 0.254 e. The van der Waals surface area contributed by atoms with Crippen LogP contribution >= 0.6 is 0 Å². The maximum atomic E-state index is 12.0. The molecular formula is C21H21N3O2. The number of methoxy groups -OCH3 is 1. The van der Waals surface area contributed by atoms with Crippen LogP contribution < -0.4 is 16.0 Å². The van der Waals surface area contributed by atoms with Crippen LogP contribution in [-0.2, 0) is 7.05 Å². The molecule has 132 valence electrons. The van der Waals surface area contributed by atoms with E-state index in [2.05, 4.69) is 35.3 Å². The lowest BCUT2D eigenvalue weighted by Crippen LogP contribution is -2.21. The molecule has 2 N–H and O–H groups in total. The molecule has 1 fully saturated rings. The molecule has 0 aliphatic heterocycles. The number of benzene rings is 2. The number of rotatable bonds is 4. The molecule has 1 heterocycles. The molecule has 1 aromatic heterocycles. The quantitative estimate of drug-likeness (QED) is 0.786. The van der Waals surface area contributed by atoms with Gasteiger partial charge in [0.05, 0.1) is 12.8 Å². The number of hydrogen-bond donors (Lipinski definition) is 1. The first-order valence-corrected chi connectivity index (χ1v) is 8.64. The van der Waals surface area contributed by atoms with Gasteiger partial charge in [0.25, 0.3) is 5.56 Å². The fourth-order valence-corrected chi connectivity index (χ4v) is 3.41. The summed E-state index contributed by atoms with van der Waals surface area (Å²) in [5.41, 5.74) is 10.1. The van der Waals surface area contributed by atoms with E-state index in [1.807, 2.05) is 18.2 Å². The first kappa shape index (κ1) is 16.4. The third kappa shape index (κ3) is 2.96. The lowest BCUT2D eigenvalue weighted by Gasteiger charge is -2.08. The highest BCUT2D eigenvalue weighted by Gasteiger charge is 2.41. The van der Waals surface area contributed by atoms with Gasteiger partial charge in [-0.05, 0) is 41.2 Å². The summed E-state index contributed by atoms with van der Waals surface area (Å²) in [6.45, 7) is 0. The molecule has 5 nitrogen and oxygen atoms in total. The summed E-state index contributed by atoms with van der Waals surface area (Å²) in [5, 5.41) is 0. The largest absolute Gasteiger partial charge is 0.497 e. The van der Waals surface area contributed by atoms with Gasteiger partial charge in [-0.15, -0.1) is 0 Å². The first-order chi connectivity index (χ1) is 12.6. The fraction of sp³-hybridized carbons (Fsp3) is 0.238. The minimum atomic E-state index is -0.108. The van der Waals surface area contributed by atoms with Crippen molar-refractivity contribution in [2.45, 2.75) is 18.3 Å². The van der Waals surface area contributed by atoms with E-state index in [1.165, 1.54) is 10.1 Å². The Hall–Kier alpha value is -3.08. The van der Waals surface area contributed by atoms with Crippen LogP contribution in [0.4, 0.5) is 5.95 Å². The zero-order valence-corrected chi connectivity index (χ0v) is 14.8. The van der Waals surface area contributed by atoms with Crippen LogP contribution in [0.2, 0.25) is 0 Å². The Balaban J connectivity index is 1.61. The molecule has 5 heteroatoms. The van der Waals surface area contributed by atoms with Crippen LogP contribution in [0.3, 0.4) is 0 Å². The molecular weight excluding hydrogens is 326 g/mol. The maximum absolute atomic E-state index is 12.0. The molecule has 0 amide bonds. The van der Waals surface area contributed by atoms with Crippen molar-refractivity contribution < 1.29 is 4.74 Å². The highest BCUT2D eigenvalue weighted by atomic mass is 16.5. The zero-order valence-electron chi connectivity index (χ0n) is 14.8. The number of nitrogen functional groups attached to an aromatic ring is 1. The van der Waals surface area contributed by atoms with Gasteiger partial charge in [-0.25, -0.2) is 4.98 Å². The fourth-order valence-electron chi connectivity index (χ4n) is 3.41. The Morgan fingerprint density at radius 2 is 1.81 bits per heavy atom. The van der Waals surface area contributed by atoms with E-state index >= 15 is 0 Å². The minimum absolute atomic E-state index is 0.108. The Kier molecular flexibility index (Phi) is 3.99. The molecule has 26 heavy (non-hydrogen) atoms. The molecule has 1 saturated carbocycles. The van der Waals surface area contributed by atoms with Crippen molar-refractivity contribution in [3.63, 3.8) is 0 Å². The number of aromatic nitrogens is 2. The highest BCUT2D eigenvalue weighted by molar-refractivity contribution is 5.66. The Labute approximate surface area is 152 Å². The molecule has 2 atom stereocenters. The van der Waals surface area contributed by atoms with E-state index in [0.29, 0.717) is 5.92 Å². The highest BCUT2D eigenvalue weighted by Crippen LogP contribution is 2.54. The van der Waals surface area contributed by atoms with Crippen molar-refractivity contribution in [3.05, 3.63) is 76.2 Å². The minimum Gasteiger partial charge on any atom is -0.497 e. The predicted octanol–water partition coefficient (Wildman–Crippen LogP) is 3.31. The molecule has 0 unspecified atom stereocenters. The van der Waals surface area contributed by atoms with Gasteiger partial charge in [-0.1, -0.05) is 36.4 Å². The van der Waals surface area contributed by atoms with Crippen molar-refractivity contribution in [1.82, 2.24) is 9.55 Å². The molecule has 1 aliphatic carbocycles. The van der Waals surface area contributed by atoms with E-state index in [4.69, 9.17) is 10.5 Å². The van der Waals surface area contributed by atoms with Crippen molar-refractivity contribution >= 4 is 5.95 Å². The van der Waals surface area contributed by atoms with Crippen molar-refractivity contribution in [3.8, 4) is 16.9 Å². The van der Waals surface area contributed by atoms with Gasteiger partial charge in [0.15, 0.2) is 0 Å². The van der Waals surface area contributed by atoms with Crippen molar-refractivity contribution in [2.24, 2.45) is 7.05 Å². The molecule has 0 spiro atoms. The molecule has 4 rings (SSSR count). The number of ether oxygens (including phenoxy) is 1. The Morgan fingerprint density at radius 3 is 2.54 bits per heavy atom. The second kappa shape index (κ2) is 6.33. The molecule has 2 aromatic carbocycles. The van der Waals surface area contributed by atoms with Gasteiger partial charge >= 0.3 is 0 Å². The maximum Gasteiger partial charge on any atom is 0.254 e. The summed E-state index contributed by atoms with van der Waals surface area (Å²) in [4.78, 5) is 16.4. The Morgan fingerprint density at radius 1 is 1.08 bits per heavy atom. The monoisotopic (exact) mass is 347 g/mol. The van der Waals surface area contributed by atoms with Gasteiger partial charge < -0.3 is 10.5 Å². The predicted molar refractivity (Wildman–Crippen MR) is 102 cm³/mol. The lowest BCUT2D eigenvalue weighted by molar-refractivity contribution is 0.415. The van der Waals surface area contributed by atoms with Crippen LogP contribution in [0, 0.1) is 0 Å². The molecule has 0 radical (unpaired) electrons. The average molecular weight is 347 g/mol. The van der Waals surface area contributed by atoms with Gasteiger partial charge in [0.2, 0.25) is 5.95 Å². The molecule has 1 aliphatic rings.